The van der Waals surface area contributed by atoms with Gasteiger partial charge in [0.1, 0.15) is 0 Å². The monoisotopic (exact) mass is 321 g/mol. The third kappa shape index (κ3) is 3.19. The van der Waals surface area contributed by atoms with Gasteiger partial charge in [0.05, 0.1) is 11.6 Å². The molecular weight excluding hydrogens is 306 g/mol. The van der Waals surface area contributed by atoms with Crippen LogP contribution in [0, 0.1) is 0 Å². The maximum absolute atomic E-state index is 12.5. The molecule has 6 heteroatoms. The normalized spacial score (nSPS) is 21.6. The van der Waals surface area contributed by atoms with E-state index in [0.717, 1.165) is 24.1 Å². The minimum atomic E-state index is -0.255. The predicted octanol–water partition coefficient (Wildman–Crippen LogP) is 2.41. The van der Waals surface area contributed by atoms with E-state index in [-0.39, 0.29) is 11.9 Å². The van der Waals surface area contributed by atoms with Gasteiger partial charge in [0, 0.05) is 16.8 Å². The van der Waals surface area contributed by atoms with E-state index >= 15 is 0 Å². The molecule has 110 valence electrons. The first-order valence-corrected chi connectivity index (χ1v) is 7.68. The first-order chi connectivity index (χ1) is 10.0. The third-order valence-corrected chi connectivity index (χ3v) is 4.10. The Bertz CT molecular complexity index is 622. The molecule has 0 spiro atoms. The van der Waals surface area contributed by atoms with Crippen molar-refractivity contribution in [1.82, 2.24) is 16.0 Å². The molecule has 0 unspecified atom stereocenters. The van der Waals surface area contributed by atoms with Crippen molar-refractivity contribution >= 4 is 34.8 Å². The Kier molecular flexibility index (Phi) is 3.87. The molecule has 1 amide bonds. The van der Waals surface area contributed by atoms with Crippen LogP contribution < -0.4 is 16.0 Å². The zero-order valence-electron chi connectivity index (χ0n) is 11.6. The summed E-state index contributed by atoms with van der Waals surface area (Å²) in [5.41, 5.74) is 2.43. The number of thiocarbonyl (C=S) groups is 1. The van der Waals surface area contributed by atoms with Crippen LogP contribution in [0.2, 0.25) is 5.02 Å². The topological polar surface area (TPSA) is 53.2 Å². The second kappa shape index (κ2) is 5.66. The van der Waals surface area contributed by atoms with E-state index in [1.807, 2.05) is 31.2 Å². The highest BCUT2D eigenvalue weighted by molar-refractivity contribution is 7.80. The van der Waals surface area contributed by atoms with Crippen molar-refractivity contribution in [3.05, 3.63) is 46.1 Å². The molecule has 1 aromatic rings. The van der Waals surface area contributed by atoms with Crippen LogP contribution in [0.25, 0.3) is 0 Å². The highest BCUT2D eigenvalue weighted by Crippen LogP contribution is 2.29. The predicted molar refractivity (Wildman–Crippen MR) is 86.9 cm³/mol. The number of amides is 1. The van der Waals surface area contributed by atoms with Gasteiger partial charge in [-0.15, -0.1) is 0 Å². The summed E-state index contributed by atoms with van der Waals surface area (Å²) in [4.78, 5) is 12.5. The summed E-state index contributed by atoms with van der Waals surface area (Å²) in [7, 11) is 0. The summed E-state index contributed by atoms with van der Waals surface area (Å²) in [5, 5.41) is 10.4. The molecule has 1 heterocycles. The second-order valence-electron chi connectivity index (χ2n) is 5.37. The Balaban J connectivity index is 1.94. The van der Waals surface area contributed by atoms with E-state index in [4.69, 9.17) is 23.8 Å². The largest absolute Gasteiger partial charge is 0.351 e. The lowest BCUT2D eigenvalue weighted by molar-refractivity contribution is -0.118. The van der Waals surface area contributed by atoms with Crippen molar-refractivity contribution in [2.75, 3.05) is 0 Å². The lowest BCUT2D eigenvalue weighted by Gasteiger charge is -2.30. The van der Waals surface area contributed by atoms with Gasteiger partial charge in [-0.05, 0) is 49.7 Å². The Morgan fingerprint density at radius 1 is 1.33 bits per heavy atom. The van der Waals surface area contributed by atoms with Crippen LogP contribution in [0.15, 0.2) is 35.5 Å². The zero-order chi connectivity index (χ0) is 15.0. The van der Waals surface area contributed by atoms with Gasteiger partial charge in [-0.2, -0.15) is 0 Å². The van der Waals surface area contributed by atoms with Crippen molar-refractivity contribution in [1.29, 1.82) is 0 Å². The summed E-state index contributed by atoms with van der Waals surface area (Å²) < 4.78 is 0. The fourth-order valence-corrected chi connectivity index (χ4v) is 2.79. The maximum atomic E-state index is 12.5. The molecule has 1 saturated carbocycles. The number of benzene rings is 1. The van der Waals surface area contributed by atoms with Gasteiger partial charge in [0.15, 0.2) is 5.11 Å². The molecule has 21 heavy (non-hydrogen) atoms. The number of carbonyl (C=O) groups excluding carboxylic acids is 1. The molecule has 0 radical (unpaired) electrons. The number of halogens is 1. The molecule has 1 aliphatic carbocycles. The van der Waals surface area contributed by atoms with Crippen LogP contribution in [-0.4, -0.2) is 17.1 Å². The fourth-order valence-electron chi connectivity index (χ4n) is 2.39. The lowest BCUT2D eigenvalue weighted by Crippen LogP contribution is -2.47. The van der Waals surface area contributed by atoms with E-state index in [1.54, 1.807) is 0 Å². The number of nitrogens with one attached hydrogen (secondary N) is 3. The first kappa shape index (κ1) is 14.4. The van der Waals surface area contributed by atoms with Gasteiger partial charge in [-0.1, -0.05) is 23.7 Å². The third-order valence-electron chi connectivity index (χ3n) is 3.63. The summed E-state index contributed by atoms with van der Waals surface area (Å²) in [6, 6.07) is 7.51. The Morgan fingerprint density at radius 2 is 2.00 bits per heavy atom. The molecule has 3 rings (SSSR count). The number of hydrogen-bond donors (Lipinski definition) is 3. The molecule has 1 atom stereocenters. The minimum Gasteiger partial charge on any atom is -0.351 e. The Morgan fingerprint density at radius 3 is 2.62 bits per heavy atom. The van der Waals surface area contributed by atoms with Gasteiger partial charge < -0.3 is 16.0 Å². The summed E-state index contributed by atoms with van der Waals surface area (Å²) >= 11 is 11.1. The van der Waals surface area contributed by atoms with Crippen LogP contribution in [0.5, 0.6) is 0 Å². The van der Waals surface area contributed by atoms with E-state index in [0.29, 0.717) is 21.8 Å². The van der Waals surface area contributed by atoms with Gasteiger partial charge >= 0.3 is 0 Å². The molecule has 0 aromatic heterocycles. The molecule has 4 nitrogen and oxygen atoms in total. The van der Waals surface area contributed by atoms with Crippen LogP contribution in [0.4, 0.5) is 0 Å². The lowest BCUT2D eigenvalue weighted by atomic mass is 9.95. The summed E-state index contributed by atoms with van der Waals surface area (Å²) in [6.45, 7) is 1.87. The van der Waals surface area contributed by atoms with E-state index in [2.05, 4.69) is 16.0 Å². The van der Waals surface area contributed by atoms with E-state index in [1.165, 1.54) is 0 Å². The van der Waals surface area contributed by atoms with Crippen LogP contribution in [-0.2, 0) is 4.79 Å². The quantitative estimate of drug-likeness (QED) is 0.748. The molecule has 0 bridgehead atoms. The number of rotatable bonds is 3. The highest BCUT2D eigenvalue weighted by Gasteiger charge is 2.32. The molecular formula is C15H16ClN3OS. The zero-order valence-corrected chi connectivity index (χ0v) is 13.1. The Hall–Kier alpha value is -1.59. The van der Waals surface area contributed by atoms with Gasteiger partial charge in [0.25, 0.3) is 5.91 Å². The average molecular weight is 322 g/mol. The standard InChI is InChI=1S/C15H16ClN3OS/c1-8-12(14(20)18-11-6-7-11)13(19-15(21)17-8)9-2-4-10(16)5-3-9/h2-5,11,13H,6-7H2,1H3,(H,18,20)(H2,17,19,21)/t13-/m1/s1. The number of allylic oxidation sites excluding steroid dienone is 1. The Labute approximate surface area is 133 Å². The summed E-state index contributed by atoms with van der Waals surface area (Å²) in [5.74, 6) is -0.0440. The van der Waals surface area contributed by atoms with Crippen LogP contribution >= 0.6 is 23.8 Å². The highest BCUT2D eigenvalue weighted by atomic mass is 35.5. The van der Waals surface area contributed by atoms with Gasteiger partial charge in [-0.3, -0.25) is 4.79 Å². The fraction of sp³-hybridized carbons (Fsp3) is 0.333. The molecule has 3 N–H and O–H groups in total. The summed E-state index contributed by atoms with van der Waals surface area (Å²) in [6.07, 6.45) is 2.12. The van der Waals surface area contributed by atoms with Crippen molar-refractivity contribution in [2.24, 2.45) is 0 Å². The maximum Gasteiger partial charge on any atom is 0.251 e. The molecule has 1 fully saturated rings. The molecule has 2 aliphatic rings. The van der Waals surface area contributed by atoms with Gasteiger partial charge in [0.2, 0.25) is 0 Å². The minimum absolute atomic E-state index is 0.0440. The number of carbonyl (C=O) groups is 1. The van der Waals surface area contributed by atoms with Crippen molar-refractivity contribution in [3.8, 4) is 0 Å². The van der Waals surface area contributed by atoms with Crippen molar-refractivity contribution in [3.63, 3.8) is 0 Å². The van der Waals surface area contributed by atoms with Crippen molar-refractivity contribution < 1.29 is 4.79 Å². The van der Waals surface area contributed by atoms with E-state index < -0.39 is 0 Å². The molecule has 1 aromatic carbocycles. The first-order valence-electron chi connectivity index (χ1n) is 6.89. The van der Waals surface area contributed by atoms with Gasteiger partial charge in [-0.25, -0.2) is 0 Å². The van der Waals surface area contributed by atoms with Crippen LogP contribution in [0.3, 0.4) is 0 Å². The molecule has 1 aliphatic heterocycles. The molecule has 0 saturated heterocycles. The van der Waals surface area contributed by atoms with Crippen molar-refractivity contribution in [2.45, 2.75) is 31.8 Å². The van der Waals surface area contributed by atoms with Crippen LogP contribution in [0.1, 0.15) is 31.4 Å². The smallest absolute Gasteiger partial charge is 0.251 e. The SMILES string of the molecule is CC1=C(C(=O)NC2CC2)[C@@H](c2ccc(Cl)cc2)NC(=S)N1. The number of hydrogen-bond acceptors (Lipinski definition) is 2. The van der Waals surface area contributed by atoms with E-state index in [9.17, 15) is 4.79 Å². The second-order valence-corrected chi connectivity index (χ2v) is 6.21. The average Bonchev–Trinajstić information content (AvgIpc) is 3.22.